The van der Waals surface area contributed by atoms with Crippen LogP contribution in [0.1, 0.15) is 17.5 Å². The Labute approximate surface area is 193 Å². The molecule has 0 spiro atoms. The van der Waals surface area contributed by atoms with E-state index in [4.69, 9.17) is 18.9 Å². The standard InChI is InChI=1S/C25H28O8/c1-28-22-16-18(8-12-24(26)30-3)6-10-20(22)32-14-5-15-33-21-11-7-19(17-23(21)29-2)9-13-25(27)31-4/h6-13,16-17H,5,14-15H2,1-4H3/b12-8+,13-9+. The number of esters is 2. The van der Waals surface area contributed by atoms with Crippen LogP contribution in [0.5, 0.6) is 23.0 Å². The lowest BCUT2D eigenvalue weighted by Gasteiger charge is -2.13. The van der Waals surface area contributed by atoms with E-state index in [-0.39, 0.29) is 0 Å². The molecule has 0 saturated carbocycles. The highest BCUT2D eigenvalue weighted by molar-refractivity contribution is 5.87. The Morgan fingerprint density at radius 2 is 1.09 bits per heavy atom. The van der Waals surface area contributed by atoms with Crippen LogP contribution >= 0.6 is 0 Å². The minimum absolute atomic E-state index is 0.413. The van der Waals surface area contributed by atoms with Crippen molar-refractivity contribution in [3.05, 3.63) is 59.7 Å². The van der Waals surface area contributed by atoms with E-state index in [0.29, 0.717) is 42.6 Å². The molecule has 0 aliphatic carbocycles. The van der Waals surface area contributed by atoms with Gasteiger partial charge in [-0.15, -0.1) is 0 Å². The minimum atomic E-state index is -0.432. The monoisotopic (exact) mass is 456 g/mol. The molecule has 0 atom stereocenters. The van der Waals surface area contributed by atoms with Gasteiger partial charge in [0.15, 0.2) is 23.0 Å². The summed E-state index contributed by atoms with van der Waals surface area (Å²) in [5.41, 5.74) is 1.56. The Morgan fingerprint density at radius 3 is 1.45 bits per heavy atom. The van der Waals surface area contributed by atoms with Crippen molar-refractivity contribution in [3.63, 3.8) is 0 Å². The van der Waals surface area contributed by atoms with E-state index in [1.165, 1.54) is 26.4 Å². The smallest absolute Gasteiger partial charge is 0.330 e. The highest BCUT2D eigenvalue weighted by Crippen LogP contribution is 2.30. The van der Waals surface area contributed by atoms with Gasteiger partial charge in [-0.2, -0.15) is 0 Å². The first-order chi connectivity index (χ1) is 16.0. The maximum Gasteiger partial charge on any atom is 0.330 e. The summed E-state index contributed by atoms with van der Waals surface area (Å²) in [6.07, 6.45) is 6.57. The van der Waals surface area contributed by atoms with E-state index < -0.39 is 11.9 Å². The van der Waals surface area contributed by atoms with Gasteiger partial charge in [-0.3, -0.25) is 0 Å². The lowest BCUT2D eigenvalue weighted by Crippen LogP contribution is -2.06. The van der Waals surface area contributed by atoms with E-state index in [2.05, 4.69) is 9.47 Å². The lowest BCUT2D eigenvalue weighted by atomic mass is 10.2. The third kappa shape index (κ3) is 8.25. The zero-order chi connectivity index (χ0) is 24.1. The van der Waals surface area contributed by atoms with Gasteiger partial charge in [0.1, 0.15) is 0 Å². The number of methoxy groups -OCH3 is 4. The first kappa shape index (κ1) is 25.3. The molecule has 0 N–H and O–H groups in total. The van der Waals surface area contributed by atoms with Gasteiger partial charge >= 0.3 is 11.9 Å². The molecular weight excluding hydrogens is 428 g/mol. The second-order valence-electron chi connectivity index (χ2n) is 6.58. The van der Waals surface area contributed by atoms with Crippen LogP contribution in [0.25, 0.3) is 12.2 Å². The summed E-state index contributed by atoms with van der Waals surface area (Å²) in [5.74, 6) is 1.43. The molecule has 176 valence electrons. The summed E-state index contributed by atoms with van der Waals surface area (Å²) in [6.45, 7) is 0.825. The molecule has 2 aromatic carbocycles. The third-order valence-corrected chi connectivity index (χ3v) is 4.41. The van der Waals surface area contributed by atoms with E-state index >= 15 is 0 Å². The molecule has 0 unspecified atom stereocenters. The van der Waals surface area contributed by atoms with Crippen LogP contribution in [-0.2, 0) is 19.1 Å². The molecule has 0 aliphatic heterocycles. The van der Waals surface area contributed by atoms with Crippen molar-refractivity contribution in [2.24, 2.45) is 0 Å². The summed E-state index contributed by atoms with van der Waals surface area (Å²) in [5, 5.41) is 0. The second kappa shape index (κ2) is 13.5. The SMILES string of the molecule is COC(=O)/C=C/c1ccc(OCCCOc2ccc(/C=C/C(=O)OC)cc2OC)c(OC)c1. The molecule has 8 nitrogen and oxygen atoms in total. The summed E-state index contributed by atoms with van der Waals surface area (Å²) < 4.78 is 31.5. The maximum absolute atomic E-state index is 11.2. The van der Waals surface area contributed by atoms with E-state index in [1.807, 2.05) is 12.1 Å². The molecule has 2 aromatic rings. The predicted molar refractivity (Wildman–Crippen MR) is 124 cm³/mol. The van der Waals surface area contributed by atoms with Crippen molar-refractivity contribution >= 4 is 24.1 Å². The fourth-order valence-corrected chi connectivity index (χ4v) is 2.70. The molecule has 2 rings (SSSR count). The zero-order valence-electron chi connectivity index (χ0n) is 19.2. The molecule has 0 radical (unpaired) electrons. The summed E-state index contributed by atoms with van der Waals surface area (Å²) in [4.78, 5) is 22.5. The number of hydrogen-bond acceptors (Lipinski definition) is 8. The van der Waals surface area contributed by atoms with Crippen LogP contribution in [0.3, 0.4) is 0 Å². The van der Waals surface area contributed by atoms with E-state index in [1.54, 1.807) is 50.6 Å². The molecule has 0 heterocycles. The number of benzene rings is 2. The van der Waals surface area contributed by atoms with E-state index in [0.717, 1.165) is 11.1 Å². The Bertz CT molecular complexity index is 914. The molecule has 8 heteroatoms. The molecule has 0 aromatic heterocycles. The third-order valence-electron chi connectivity index (χ3n) is 4.41. The van der Waals surface area contributed by atoms with Crippen molar-refractivity contribution in [3.8, 4) is 23.0 Å². The minimum Gasteiger partial charge on any atom is -0.493 e. The fourth-order valence-electron chi connectivity index (χ4n) is 2.70. The largest absolute Gasteiger partial charge is 0.493 e. The fraction of sp³-hybridized carbons (Fsp3) is 0.280. The van der Waals surface area contributed by atoms with Crippen molar-refractivity contribution in [1.82, 2.24) is 0 Å². The van der Waals surface area contributed by atoms with Gasteiger partial charge in [0, 0.05) is 18.6 Å². The molecule has 0 fully saturated rings. The van der Waals surface area contributed by atoms with Gasteiger partial charge < -0.3 is 28.4 Å². The molecule has 0 amide bonds. The van der Waals surface area contributed by atoms with Gasteiger partial charge in [0.25, 0.3) is 0 Å². The Balaban J connectivity index is 1.87. The van der Waals surface area contributed by atoms with Gasteiger partial charge in [0.05, 0.1) is 41.7 Å². The van der Waals surface area contributed by atoms with E-state index in [9.17, 15) is 9.59 Å². The van der Waals surface area contributed by atoms with Gasteiger partial charge in [-0.25, -0.2) is 9.59 Å². The molecular formula is C25H28O8. The van der Waals surface area contributed by atoms with Crippen LogP contribution in [0.15, 0.2) is 48.6 Å². The number of ether oxygens (including phenoxy) is 6. The van der Waals surface area contributed by atoms with Gasteiger partial charge in [-0.05, 0) is 47.5 Å². The predicted octanol–water partition coefficient (Wildman–Crippen LogP) is 3.92. The molecule has 0 saturated heterocycles. The topological polar surface area (TPSA) is 89.5 Å². The van der Waals surface area contributed by atoms with Crippen LogP contribution in [0.4, 0.5) is 0 Å². The molecule has 0 bridgehead atoms. The van der Waals surface area contributed by atoms with Crippen molar-refractivity contribution < 1.29 is 38.0 Å². The first-order valence-corrected chi connectivity index (χ1v) is 10.1. The number of carbonyl (C=O) groups excluding carboxylic acids is 2. The average Bonchev–Trinajstić information content (AvgIpc) is 2.86. The molecule has 33 heavy (non-hydrogen) atoms. The Kier molecular flexibility index (Phi) is 10.3. The zero-order valence-corrected chi connectivity index (χ0v) is 19.2. The highest BCUT2D eigenvalue weighted by Gasteiger charge is 2.07. The number of carbonyl (C=O) groups is 2. The lowest BCUT2D eigenvalue weighted by molar-refractivity contribution is -0.135. The van der Waals surface area contributed by atoms with Crippen molar-refractivity contribution in [2.75, 3.05) is 41.7 Å². The van der Waals surface area contributed by atoms with Gasteiger partial charge in [-0.1, -0.05) is 12.1 Å². The number of hydrogen-bond donors (Lipinski definition) is 0. The molecule has 0 aliphatic rings. The van der Waals surface area contributed by atoms with Crippen LogP contribution in [-0.4, -0.2) is 53.6 Å². The summed E-state index contributed by atoms with van der Waals surface area (Å²) in [7, 11) is 5.75. The van der Waals surface area contributed by atoms with Crippen LogP contribution in [0.2, 0.25) is 0 Å². The normalized spacial score (nSPS) is 10.8. The maximum atomic E-state index is 11.2. The highest BCUT2D eigenvalue weighted by atomic mass is 16.5. The first-order valence-electron chi connectivity index (χ1n) is 10.1. The quantitative estimate of drug-likeness (QED) is 0.270. The Morgan fingerprint density at radius 1 is 0.667 bits per heavy atom. The Hall–Kier alpha value is -3.94. The summed E-state index contributed by atoms with van der Waals surface area (Å²) in [6, 6.07) is 10.7. The summed E-state index contributed by atoms with van der Waals surface area (Å²) >= 11 is 0. The van der Waals surface area contributed by atoms with Crippen LogP contribution < -0.4 is 18.9 Å². The van der Waals surface area contributed by atoms with Crippen molar-refractivity contribution in [2.45, 2.75) is 6.42 Å². The van der Waals surface area contributed by atoms with Gasteiger partial charge in [0.2, 0.25) is 0 Å². The van der Waals surface area contributed by atoms with Crippen molar-refractivity contribution in [1.29, 1.82) is 0 Å². The average molecular weight is 456 g/mol. The second-order valence-corrected chi connectivity index (χ2v) is 6.58. The van der Waals surface area contributed by atoms with Crippen LogP contribution in [0, 0.1) is 0 Å². The number of rotatable bonds is 12.